The number of amides is 1. The molecule has 0 aromatic heterocycles. The molecule has 1 aliphatic rings. The number of fused-ring (bicyclic) bond motifs is 1. The number of hydrogen-bond donors (Lipinski definition) is 5. The molecule has 0 saturated heterocycles. The first kappa shape index (κ1) is 36.0. The van der Waals surface area contributed by atoms with E-state index in [9.17, 15) is 19.8 Å². The molecule has 10 nitrogen and oxygen atoms in total. The van der Waals surface area contributed by atoms with Gasteiger partial charge in [0.25, 0.3) is 0 Å². The number of nitrogens with one attached hydrogen (secondary N) is 3. The normalized spacial score (nSPS) is 14.2. The minimum atomic E-state index is -0.574. The van der Waals surface area contributed by atoms with Crippen LogP contribution in [-0.4, -0.2) is 72.2 Å². The van der Waals surface area contributed by atoms with Crippen LogP contribution in [0.1, 0.15) is 70.2 Å². The SMILES string of the molecule is CC(=O)Oc1c(C)cc(OCC(O)CNC(C)C)c(C)c1C.CC(C)(C)NCC(O)COc1cccc2c1CCC(=O)N2. The van der Waals surface area contributed by atoms with E-state index in [1.165, 1.54) is 6.92 Å². The van der Waals surface area contributed by atoms with Crippen molar-refractivity contribution < 1.29 is 34.0 Å². The number of benzene rings is 2. The Hall–Kier alpha value is -3.18. The van der Waals surface area contributed by atoms with Crippen LogP contribution in [0, 0.1) is 20.8 Å². The van der Waals surface area contributed by atoms with Crippen LogP contribution in [-0.2, 0) is 16.0 Å². The molecule has 0 saturated carbocycles. The van der Waals surface area contributed by atoms with Crippen LogP contribution in [0.25, 0.3) is 0 Å². The Morgan fingerprint density at radius 3 is 2.21 bits per heavy atom. The molecule has 2 unspecified atom stereocenters. The average molecular weight is 602 g/mol. The van der Waals surface area contributed by atoms with Crippen LogP contribution in [0.4, 0.5) is 5.69 Å². The van der Waals surface area contributed by atoms with Gasteiger partial charge >= 0.3 is 5.97 Å². The number of rotatable bonds is 12. The van der Waals surface area contributed by atoms with Crippen molar-refractivity contribution in [3.05, 3.63) is 46.5 Å². The Morgan fingerprint density at radius 1 is 0.977 bits per heavy atom. The van der Waals surface area contributed by atoms with Crippen LogP contribution in [0.15, 0.2) is 24.3 Å². The highest BCUT2D eigenvalue weighted by molar-refractivity contribution is 5.94. The third kappa shape index (κ3) is 12.5. The molecule has 0 bridgehead atoms. The van der Waals surface area contributed by atoms with Crippen LogP contribution in [0.2, 0.25) is 0 Å². The van der Waals surface area contributed by atoms with Gasteiger partial charge in [0.2, 0.25) is 5.91 Å². The standard InChI is InChI=1S/C17H27NO4.C16H24N2O3/c1-10(2)18-8-15(20)9-21-16-7-11(3)17(22-14(6)19)13(5)12(16)4;1-16(2,3)17-9-11(19)10-21-14-6-4-5-13-12(14)7-8-15(20)18-13/h7,10,15,18,20H,8-9H2,1-6H3;4-6,11,17,19H,7-10H2,1-3H3,(H,18,20). The monoisotopic (exact) mass is 601 g/mol. The minimum absolute atomic E-state index is 0.0306. The van der Waals surface area contributed by atoms with E-state index in [4.69, 9.17) is 14.2 Å². The highest BCUT2D eigenvalue weighted by Crippen LogP contribution is 2.33. The first-order chi connectivity index (χ1) is 20.1. The number of aliphatic hydroxyl groups is 2. The molecule has 1 amide bonds. The van der Waals surface area contributed by atoms with Gasteiger partial charge in [-0.3, -0.25) is 9.59 Å². The maximum atomic E-state index is 11.4. The number of carbonyl (C=O) groups excluding carboxylic acids is 2. The second-order valence-corrected chi connectivity index (χ2v) is 12.3. The van der Waals surface area contributed by atoms with Gasteiger partial charge < -0.3 is 40.4 Å². The fraction of sp³-hybridized carbons (Fsp3) is 0.576. The maximum absolute atomic E-state index is 11.4. The number of aliphatic hydroxyl groups excluding tert-OH is 2. The van der Waals surface area contributed by atoms with E-state index in [2.05, 4.69) is 36.7 Å². The lowest BCUT2D eigenvalue weighted by Gasteiger charge is -2.24. The maximum Gasteiger partial charge on any atom is 0.308 e. The molecule has 240 valence electrons. The zero-order valence-electron chi connectivity index (χ0n) is 27.2. The van der Waals surface area contributed by atoms with Crippen molar-refractivity contribution in [2.45, 2.75) is 98.9 Å². The zero-order valence-corrected chi connectivity index (χ0v) is 27.2. The van der Waals surface area contributed by atoms with Crippen molar-refractivity contribution in [2.24, 2.45) is 0 Å². The van der Waals surface area contributed by atoms with Crippen molar-refractivity contribution in [3.8, 4) is 17.2 Å². The molecule has 5 N–H and O–H groups in total. The predicted octanol–water partition coefficient (Wildman–Crippen LogP) is 3.97. The quantitative estimate of drug-likeness (QED) is 0.181. The molecule has 1 aliphatic heterocycles. The van der Waals surface area contributed by atoms with Gasteiger partial charge in [0, 0.05) is 49.3 Å². The molecule has 2 aromatic rings. The van der Waals surface area contributed by atoms with Gasteiger partial charge in [-0.25, -0.2) is 0 Å². The number of aryl methyl sites for hydroxylation is 1. The summed E-state index contributed by atoms with van der Waals surface area (Å²) in [5, 5.41) is 29.1. The molecule has 10 heteroatoms. The molecule has 3 rings (SSSR count). The zero-order chi connectivity index (χ0) is 32.3. The number of hydrogen-bond acceptors (Lipinski definition) is 9. The molecule has 2 atom stereocenters. The largest absolute Gasteiger partial charge is 0.491 e. The molecule has 0 aliphatic carbocycles. The van der Waals surface area contributed by atoms with Crippen LogP contribution >= 0.6 is 0 Å². The summed E-state index contributed by atoms with van der Waals surface area (Å²) in [6.07, 6.45) is 0.00339. The Kier molecular flexibility index (Phi) is 13.9. The van der Waals surface area contributed by atoms with Crippen LogP contribution < -0.4 is 30.2 Å². The molecule has 0 spiro atoms. The topological polar surface area (TPSA) is 138 Å². The molecule has 0 fully saturated rings. The fourth-order valence-corrected chi connectivity index (χ4v) is 4.28. The summed E-state index contributed by atoms with van der Waals surface area (Å²) >= 11 is 0. The van der Waals surface area contributed by atoms with E-state index < -0.39 is 12.2 Å². The molecule has 43 heavy (non-hydrogen) atoms. The number of esters is 1. The number of anilines is 1. The summed E-state index contributed by atoms with van der Waals surface area (Å²) in [4.78, 5) is 22.5. The highest BCUT2D eigenvalue weighted by Gasteiger charge is 2.20. The van der Waals surface area contributed by atoms with Gasteiger partial charge in [-0.2, -0.15) is 0 Å². The van der Waals surface area contributed by atoms with E-state index in [0.29, 0.717) is 43.5 Å². The minimum Gasteiger partial charge on any atom is -0.491 e. The summed E-state index contributed by atoms with van der Waals surface area (Å²) in [6, 6.07) is 7.75. The second-order valence-electron chi connectivity index (χ2n) is 12.3. The number of β-amino-alcohol motifs (C(OH)–C–C–N with tert-alkyl or cyclic N) is 1. The lowest BCUT2D eigenvalue weighted by molar-refractivity contribution is -0.132. The summed E-state index contributed by atoms with van der Waals surface area (Å²) in [7, 11) is 0. The Morgan fingerprint density at radius 2 is 1.60 bits per heavy atom. The van der Waals surface area contributed by atoms with Gasteiger partial charge in [-0.15, -0.1) is 0 Å². The van der Waals surface area contributed by atoms with Crippen LogP contribution in [0.3, 0.4) is 0 Å². The number of carbonyl (C=O) groups is 2. The van der Waals surface area contributed by atoms with Gasteiger partial charge in [-0.1, -0.05) is 19.9 Å². The van der Waals surface area contributed by atoms with Gasteiger partial charge in [-0.05, 0) is 82.9 Å². The average Bonchev–Trinajstić information content (AvgIpc) is 2.92. The Labute approximate surface area is 256 Å². The number of ether oxygens (including phenoxy) is 3. The van der Waals surface area contributed by atoms with Gasteiger partial charge in [0.05, 0.1) is 0 Å². The Bertz CT molecular complexity index is 1220. The molecule has 2 aromatic carbocycles. The van der Waals surface area contributed by atoms with E-state index in [1.807, 2.05) is 58.9 Å². The third-order valence-electron chi connectivity index (χ3n) is 6.73. The van der Waals surface area contributed by atoms with Gasteiger partial charge in [0.15, 0.2) is 0 Å². The molecular weight excluding hydrogens is 550 g/mol. The van der Waals surface area contributed by atoms with E-state index in [0.717, 1.165) is 33.7 Å². The smallest absolute Gasteiger partial charge is 0.308 e. The third-order valence-corrected chi connectivity index (χ3v) is 6.73. The lowest BCUT2D eigenvalue weighted by Crippen LogP contribution is -2.42. The molecular formula is C33H51N3O7. The fourth-order valence-electron chi connectivity index (χ4n) is 4.28. The summed E-state index contributed by atoms with van der Waals surface area (Å²) in [5.74, 6) is 1.72. The Balaban J connectivity index is 0.000000300. The van der Waals surface area contributed by atoms with E-state index >= 15 is 0 Å². The van der Waals surface area contributed by atoms with Crippen LogP contribution in [0.5, 0.6) is 17.2 Å². The predicted molar refractivity (Wildman–Crippen MR) is 169 cm³/mol. The van der Waals surface area contributed by atoms with Crippen molar-refractivity contribution >= 4 is 17.6 Å². The van der Waals surface area contributed by atoms with Crippen molar-refractivity contribution in [2.75, 3.05) is 31.6 Å². The summed E-state index contributed by atoms with van der Waals surface area (Å²) in [5.41, 5.74) is 4.41. The lowest BCUT2D eigenvalue weighted by atomic mass is 10.0. The summed E-state index contributed by atoms with van der Waals surface area (Å²) in [6.45, 7) is 18.7. The van der Waals surface area contributed by atoms with Crippen molar-refractivity contribution in [3.63, 3.8) is 0 Å². The van der Waals surface area contributed by atoms with Gasteiger partial charge in [0.1, 0.15) is 42.7 Å². The van der Waals surface area contributed by atoms with Crippen molar-refractivity contribution in [1.29, 1.82) is 0 Å². The first-order valence-electron chi connectivity index (χ1n) is 14.9. The molecule has 1 heterocycles. The van der Waals surface area contributed by atoms with E-state index in [1.54, 1.807) is 0 Å². The van der Waals surface area contributed by atoms with E-state index in [-0.39, 0.29) is 30.6 Å². The second kappa shape index (κ2) is 16.6. The van der Waals surface area contributed by atoms with Crippen molar-refractivity contribution in [1.82, 2.24) is 10.6 Å². The summed E-state index contributed by atoms with van der Waals surface area (Å²) < 4.78 is 16.7. The molecule has 0 radical (unpaired) electrons. The highest BCUT2D eigenvalue weighted by atomic mass is 16.5. The first-order valence-corrected chi connectivity index (χ1v) is 14.9.